The van der Waals surface area contributed by atoms with E-state index in [1.54, 1.807) is 0 Å². The van der Waals surface area contributed by atoms with Crippen LogP contribution in [0, 0.1) is 26.0 Å². The second-order valence-corrected chi connectivity index (χ2v) is 8.86. The maximum absolute atomic E-state index is 6.10. The van der Waals surface area contributed by atoms with Crippen LogP contribution in [0.4, 0.5) is 0 Å². The number of rotatable bonds is 6. The number of benzene rings is 4. The third-order valence-electron chi connectivity index (χ3n) is 6.12. The van der Waals surface area contributed by atoms with Gasteiger partial charge in [-0.3, -0.25) is 9.36 Å². The summed E-state index contributed by atoms with van der Waals surface area (Å²) >= 11 is 0. The Bertz CT molecular complexity index is 1670. The van der Waals surface area contributed by atoms with E-state index in [0.717, 1.165) is 33.9 Å². The molecule has 188 valence electrons. The molecule has 6 heteroatoms. The van der Waals surface area contributed by atoms with Crippen LogP contribution in [0.15, 0.2) is 109 Å². The Morgan fingerprint density at radius 2 is 1.26 bits per heavy atom. The number of nitrogens with zero attached hydrogens (tertiary/aromatic N) is 4. The van der Waals surface area contributed by atoms with Crippen LogP contribution in [0.2, 0.25) is 0 Å². The van der Waals surface area contributed by atoms with Crippen molar-refractivity contribution >= 4 is 0 Å². The zero-order valence-electron chi connectivity index (χ0n) is 20.9. The summed E-state index contributed by atoms with van der Waals surface area (Å²) in [4.78, 5) is 0. The fraction of sp³-hybridized carbons (Fsp3) is 0.0625. The molecule has 0 radical (unpaired) electrons. The van der Waals surface area contributed by atoms with E-state index in [-0.39, 0.29) is 21.1 Å². The first kappa shape index (κ1) is 25.4. The van der Waals surface area contributed by atoms with Crippen LogP contribution in [-0.4, -0.2) is 19.6 Å². The topological polar surface area (TPSA) is 44.9 Å². The van der Waals surface area contributed by atoms with Gasteiger partial charge < -0.3 is 4.74 Å². The van der Waals surface area contributed by atoms with Crippen molar-refractivity contribution in [2.75, 3.05) is 0 Å². The van der Waals surface area contributed by atoms with E-state index in [4.69, 9.17) is 4.74 Å². The molecule has 0 bridgehead atoms. The molecule has 5 nitrogen and oxygen atoms in total. The van der Waals surface area contributed by atoms with Crippen molar-refractivity contribution in [3.63, 3.8) is 0 Å². The first-order chi connectivity index (χ1) is 18.1. The number of ether oxygens (including phenoxy) is 1. The van der Waals surface area contributed by atoms with Crippen LogP contribution in [0.1, 0.15) is 11.4 Å². The molecule has 0 atom stereocenters. The molecule has 6 aromatic rings. The Balaban J connectivity index is 0.00000294. The molecule has 4 aromatic carbocycles. The molecule has 0 N–H and O–H groups in total. The van der Waals surface area contributed by atoms with Crippen molar-refractivity contribution in [3.05, 3.63) is 133 Å². The van der Waals surface area contributed by atoms with Gasteiger partial charge >= 0.3 is 21.1 Å². The fourth-order valence-corrected chi connectivity index (χ4v) is 4.33. The third-order valence-corrected chi connectivity index (χ3v) is 6.12. The van der Waals surface area contributed by atoms with Crippen molar-refractivity contribution in [2.24, 2.45) is 0 Å². The molecule has 0 aliphatic heterocycles. The minimum Gasteiger partial charge on any atom is -0.509 e. The van der Waals surface area contributed by atoms with Gasteiger partial charge in [-0.25, -0.2) is 0 Å². The van der Waals surface area contributed by atoms with E-state index in [9.17, 15) is 0 Å². The van der Waals surface area contributed by atoms with Gasteiger partial charge in [-0.1, -0.05) is 54.6 Å². The van der Waals surface area contributed by atoms with E-state index >= 15 is 0 Å². The molecule has 2 aromatic heterocycles. The van der Waals surface area contributed by atoms with Crippen molar-refractivity contribution in [1.82, 2.24) is 19.6 Å². The molecule has 0 fully saturated rings. The zero-order valence-corrected chi connectivity index (χ0v) is 23.2. The van der Waals surface area contributed by atoms with Gasteiger partial charge in [0.1, 0.15) is 0 Å². The second-order valence-electron chi connectivity index (χ2n) is 8.86. The zero-order chi connectivity index (χ0) is 25.2. The Kier molecular flexibility index (Phi) is 7.39. The van der Waals surface area contributed by atoms with Crippen molar-refractivity contribution < 1.29 is 25.8 Å². The molecular weight excluding hydrogens is 651 g/mol. The Morgan fingerprint density at radius 3 is 1.92 bits per heavy atom. The van der Waals surface area contributed by atoms with Crippen LogP contribution < -0.4 is 4.74 Å². The molecule has 0 aliphatic rings. The molecule has 2 heterocycles. The van der Waals surface area contributed by atoms with E-state index in [1.807, 2.05) is 84.1 Å². The van der Waals surface area contributed by atoms with Crippen molar-refractivity contribution in [3.8, 4) is 45.1 Å². The minimum atomic E-state index is 0. The molecule has 0 saturated carbocycles. The molecule has 0 amide bonds. The van der Waals surface area contributed by atoms with Gasteiger partial charge in [0.05, 0.1) is 11.9 Å². The van der Waals surface area contributed by atoms with E-state index in [0.29, 0.717) is 11.5 Å². The van der Waals surface area contributed by atoms with Crippen LogP contribution in [0.25, 0.3) is 33.6 Å². The number of hydrogen-bond donors (Lipinski definition) is 0. The standard InChI is InChI=1S/C32H24N4O.Pt/c1-23-18-24(2)36(34-23)30-11-7-13-32(20-30)37-31-12-6-10-29(19-31)35-22-28(21-33-35)27-16-14-26(15-17-27)25-8-4-3-5-9-25;/h3-18,21-22H,1-2H3;/q-2;+2. The first-order valence-corrected chi connectivity index (χ1v) is 12.1. The van der Waals surface area contributed by atoms with Crippen LogP contribution in [0.3, 0.4) is 0 Å². The average Bonchev–Trinajstić information content (AvgIpc) is 3.56. The van der Waals surface area contributed by atoms with Crippen molar-refractivity contribution in [2.45, 2.75) is 13.8 Å². The average molecular weight is 676 g/mol. The predicted molar refractivity (Wildman–Crippen MR) is 145 cm³/mol. The summed E-state index contributed by atoms with van der Waals surface area (Å²) in [6.45, 7) is 4.00. The molecule has 38 heavy (non-hydrogen) atoms. The van der Waals surface area contributed by atoms with Crippen molar-refractivity contribution in [1.29, 1.82) is 0 Å². The van der Waals surface area contributed by atoms with Gasteiger partial charge in [0.25, 0.3) is 0 Å². The van der Waals surface area contributed by atoms with Gasteiger partial charge in [-0.2, -0.15) is 22.3 Å². The summed E-state index contributed by atoms with van der Waals surface area (Å²) < 4.78 is 9.77. The van der Waals surface area contributed by atoms with Gasteiger partial charge in [-0.15, -0.1) is 36.4 Å². The van der Waals surface area contributed by atoms with Crippen LogP contribution in [0.5, 0.6) is 11.5 Å². The second kappa shape index (κ2) is 11.0. The van der Waals surface area contributed by atoms with Gasteiger partial charge in [0.2, 0.25) is 0 Å². The first-order valence-electron chi connectivity index (χ1n) is 12.1. The fourth-order valence-electron chi connectivity index (χ4n) is 4.33. The largest absolute Gasteiger partial charge is 2.00 e. The monoisotopic (exact) mass is 675 g/mol. The number of aromatic nitrogens is 4. The Labute approximate surface area is 236 Å². The van der Waals surface area contributed by atoms with E-state index < -0.39 is 0 Å². The predicted octanol–water partition coefficient (Wildman–Crippen LogP) is 7.40. The molecule has 6 rings (SSSR count). The summed E-state index contributed by atoms with van der Waals surface area (Å²) in [5.41, 5.74) is 8.16. The molecule has 0 aliphatic carbocycles. The minimum absolute atomic E-state index is 0. The van der Waals surface area contributed by atoms with E-state index in [2.05, 4.69) is 70.9 Å². The molecule has 0 spiro atoms. The van der Waals surface area contributed by atoms with Gasteiger partial charge in [0.15, 0.2) is 0 Å². The summed E-state index contributed by atoms with van der Waals surface area (Å²) in [5, 5.41) is 9.11. The summed E-state index contributed by atoms with van der Waals surface area (Å²) in [6.07, 6.45) is 3.87. The maximum atomic E-state index is 6.10. The summed E-state index contributed by atoms with van der Waals surface area (Å²) in [5.74, 6) is 1.18. The SMILES string of the molecule is Cc1cc(C)n(-c2[c-]c(Oc3[c-]c(-n4cc(-c5ccc(-c6ccccc6)cc5)cn4)ccc3)ccc2)n1.[Pt+2]. The van der Waals surface area contributed by atoms with Crippen LogP contribution >= 0.6 is 0 Å². The normalized spacial score (nSPS) is 10.7. The Morgan fingerprint density at radius 1 is 0.658 bits per heavy atom. The maximum Gasteiger partial charge on any atom is 2.00 e. The number of aryl methyl sites for hydroxylation is 2. The summed E-state index contributed by atoms with van der Waals surface area (Å²) in [7, 11) is 0. The quantitative estimate of drug-likeness (QED) is 0.173. The molecule has 0 unspecified atom stereocenters. The summed E-state index contributed by atoms with van der Waals surface area (Å²) in [6, 6.07) is 39.1. The smallest absolute Gasteiger partial charge is 0.509 e. The van der Waals surface area contributed by atoms with Crippen LogP contribution in [-0.2, 0) is 21.1 Å². The molecular formula is C32H24N4OPt. The third kappa shape index (κ3) is 5.39. The number of hydrogen-bond acceptors (Lipinski definition) is 3. The molecule has 0 saturated heterocycles. The van der Waals surface area contributed by atoms with E-state index in [1.165, 1.54) is 11.1 Å². The Hall–Kier alpha value is -4.21. The van der Waals surface area contributed by atoms with Gasteiger partial charge in [0, 0.05) is 29.0 Å². The van der Waals surface area contributed by atoms with Gasteiger partial charge in [-0.05, 0) is 48.0 Å².